The summed E-state index contributed by atoms with van der Waals surface area (Å²) in [5, 5.41) is 8.96. The predicted molar refractivity (Wildman–Crippen MR) is 63.2 cm³/mol. The maximum absolute atomic E-state index is 12.8. The topological polar surface area (TPSA) is 63.6 Å². The molecular weight excluding hydrogens is 239 g/mol. The Hall–Kier alpha value is -1.91. The molecular formula is C13H15FO4. The Morgan fingerprint density at radius 3 is 2.28 bits per heavy atom. The number of halogens is 1. The molecule has 1 N–H and O–H groups in total. The van der Waals surface area contributed by atoms with E-state index in [1.165, 1.54) is 26.2 Å². The first-order valence-electron chi connectivity index (χ1n) is 5.39. The summed E-state index contributed by atoms with van der Waals surface area (Å²) in [5.74, 6) is -1.64. The summed E-state index contributed by atoms with van der Waals surface area (Å²) in [5.41, 5.74) is -0.406. The van der Waals surface area contributed by atoms with Crippen LogP contribution in [0.5, 0.6) is 0 Å². The Bertz CT molecular complexity index is 441. The second kappa shape index (κ2) is 5.62. The van der Waals surface area contributed by atoms with Crippen LogP contribution in [0.2, 0.25) is 0 Å². The first-order chi connectivity index (χ1) is 8.42. The molecule has 98 valence electrons. The van der Waals surface area contributed by atoms with E-state index in [2.05, 4.69) is 4.74 Å². The molecule has 1 rings (SSSR count). The molecule has 0 aliphatic rings. The number of carboxylic acids is 1. The van der Waals surface area contributed by atoms with Gasteiger partial charge in [-0.2, -0.15) is 0 Å². The molecule has 0 saturated heterocycles. The van der Waals surface area contributed by atoms with Gasteiger partial charge in [0.15, 0.2) is 0 Å². The molecule has 5 heteroatoms. The van der Waals surface area contributed by atoms with E-state index < -0.39 is 24.0 Å². The van der Waals surface area contributed by atoms with E-state index in [9.17, 15) is 14.0 Å². The van der Waals surface area contributed by atoms with Gasteiger partial charge in [0.1, 0.15) is 6.67 Å². The van der Waals surface area contributed by atoms with E-state index in [1.54, 1.807) is 12.1 Å². The highest BCUT2D eigenvalue weighted by molar-refractivity contribution is 5.89. The maximum atomic E-state index is 12.8. The lowest BCUT2D eigenvalue weighted by molar-refractivity contribution is -0.148. The first-order valence-corrected chi connectivity index (χ1v) is 5.39. The number of alkyl halides is 1. The van der Waals surface area contributed by atoms with Crippen molar-refractivity contribution in [2.45, 2.75) is 13.3 Å². The number of rotatable bonds is 5. The highest BCUT2D eigenvalue weighted by atomic mass is 19.1. The molecule has 1 aromatic carbocycles. The zero-order valence-corrected chi connectivity index (χ0v) is 10.3. The zero-order valence-electron chi connectivity index (χ0n) is 10.3. The van der Waals surface area contributed by atoms with Crippen molar-refractivity contribution in [1.82, 2.24) is 0 Å². The molecule has 0 aliphatic carbocycles. The van der Waals surface area contributed by atoms with Crippen LogP contribution in [-0.4, -0.2) is 30.8 Å². The molecule has 0 radical (unpaired) electrons. The van der Waals surface area contributed by atoms with Crippen LogP contribution in [0.25, 0.3) is 0 Å². The third kappa shape index (κ3) is 3.06. The lowest BCUT2D eigenvalue weighted by Crippen LogP contribution is -2.32. The quantitative estimate of drug-likeness (QED) is 0.817. The summed E-state index contributed by atoms with van der Waals surface area (Å²) in [7, 11) is 1.28. The fraction of sp³-hybridized carbons (Fsp3) is 0.385. The van der Waals surface area contributed by atoms with Crippen molar-refractivity contribution in [3.63, 3.8) is 0 Å². The smallest absolute Gasteiger partial charge is 0.337 e. The Labute approximate surface area is 104 Å². The van der Waals surface area contributed by atoms with E-state index in [0.717, 1.165) is 0 Å². The molecule has 1 aromatic rings. The number of carboxylic acid groups (broad SMARTS) is 1. The van der Waals surface area contributed by atoms with Crippen molar-refractivity contribution < 1.29 is 23.8 Å². The Kier molecular flexibility index (Phi) is 4.42. The van der Waals surface area contributed by atoms with Crippen LogP contribution in [0, 0.1) is 5.41 Å². The third-order valence-electron chi connectivity index (χ3n) is 2.78. The summed E-state index contributed by atoms with van der Waals surface area (Å²) >= 11 is 0. The van der Waals surface area contributed by atoms with E-state index in [-0.39, 0.29) is 6.42 Å². The molecule has 0 aromatic heterocycles. The molecule has 0 spiro atoms. The maximum Gasteiger partial charge on any atom is 0.337 e. The van der Waals surface area contributed by atoms with Gasteiger partial charge in [0.05, 0.1) is 18.1 Å². The van der Waals surface area contributed by atoms with E-state index in [4.69, 9.17) is 5.11 Å². The molecule has 0 amide bonds. The second-order valence-corrected chi connectivity index (χ2v) is 4.36. The van der Waals surface area contributed by atoms with Gasteiger partial charge in [0.25, 0.3) is 0 Å². The van der Waals surface area contributed by atoms with Gasteiger partial charge in [-0.1, -0.05) is 12.1 Å². The van der Waals surface area contributed by atoms with Crippen molar-refractivity contribution in [2.24, 2.45) is 5.41 Å². The Morgan fingerprint density at radius 2 is 1.89 bits per heavy atom. The highest BCUT2D eigenvalue weighted by Crippen LogP contribution is 2.24. The number of carbonyl (C=O) groups is 2. The molecule has 4 nitrogen and oxygen atoms in total. The number of carbonyl (C=O) groups excluding carboxylic acids is 1. The van der Waals surface area contributed by atoms with Crippen LogP contribution >= 0.6 is 0 Å². The van der Waals surface area contributed by atoms with Gasteiger partial charge in [-0.25, -0.2) is 9.18 Å². The number of benzene rings is 1. The summed E-state index contributed by atoms with van der Waals surface area (Å²) in [4.78, 5) is 22.2. The number of hydrogen-bond acceptors (Lipinski definition) is 3. The van der Waals surface area contributed by atoms with Crippen LogP contribution in [0.3, 0.4) is 0 Å². The molecule has 1 atom stereocenters. The minimum absolute atomic E-state index is 0.0697. The lowest BCUT2D eigenvalue weighted by Gasteiger charge is -2.20. The van der Waals surface area contributed by atoms with Crippen LogP contribution in [0.15, 0.2) is 24.3 Å². The van der Waals surface area contributed by atoms with Crippen molar-refractivity contribution in [2.75, 3.05) is 13.8 Å². The van der Waals surface area contributed by atoms with Crippen LogP contribution in [0.1, 0.15) is 22.8 Å². The minimum atomic E-state index is -1.44. The fourth-order valence-corrected chi connectivity index (χ4v) is 1.51. The number of esters is 1. The largest absolute Gasteiger partial charge is 0.481 e. The molecule has 0 fully saturated rings. The molecule has 0 heterocycles. The van der Waals surface area contributed by atoms with Crippen molar-refractivity contribution >= 4 is 11.9 Å². The fourth-order valence-electron chi connectivity index (χ4n) is 1.51. The first kappa shape index (κ1) is 14.2. The van der Waals surface area contributed by atoms with E-state index in [0.29, 0.717) is 11.1 Å². The second-order valence-electron chi connectivity index (χ2n) is 4.36. The predicted octanol–water partition coefficient (Wildman–Crippen LogP) is 2.08. The number of methoxy groups -OCH3 is 1. The Balaban J connectivity index is 2.87. The number of ether oxygens (including phenoxy) is 1. The average Bonchev–Trinajstić information content (AvgIpc) is 2.38. The zero-order chi connectivity index (χ0) is 13.8. The standard InChI is InChI=1S/C13H15FO4/c1-13(8-14,12(16)17)7-9-3-5-10(6-4-9)11(15)18-2/h3-6H,7-8H2,1-2H3,(H,16,17). The monoisotopic (exact) mass is 254 g/mol. The van der Waals surface area contributed by atoms with Crippen molar-refractivity contribution in [1.29, 1.82) is 0 Å². The molecule has 18 heavy (non-hydrogen) atoms. The van der Waals surface area contributed by atoms with Gasteiger partial charge < -0.3 is 9.84 Å². The van der Waals surface area contributed by atoms with Crippen LogP contribution in [0.4, 0.5) is 4.39 Å². The van der Waals surface area contributed by atoms with Crippen molar-refractivity contribution in [3.05, 3.63) is 35.4 Å². The van der Waals surface area contributed by atoms with Gasteiger partial charge in [-0.05, 0) is 31.0 Å². The van der Waals surface area contributed by atoms with Gasteiger partial charge in [-0.3, -0.25) is 4.79 Å². The average molecular weight is 254 g/mol. The third-order valence-corrected chi connectivity index (χ3v) is 2.78. The Morgan fingerprint density at radius 1 is 1.33 bits per heavy atom. The molecule has 0 saturated carbocycles. The normalized spacial score (nSPS) is 13.7. The number of hydrogen-bond donors (Lipinski definition) is 1. The van der Waals surface area contributed by atoms with Crippen molar-refractivity contribution in [3.8, 4) is 0 Å². The molecule has 0 aliphatic heterocycles. The van der Waals surface area contributed by atoms with Gasteiger partial charge in [-0.15, -0.1) is 0 Å². The van der Waals surface area contributed by atoms with E-state index in [1.807, 2.05) is 0 Å². The number of aliphatic carboxylic acids is 1. The summed E-state index contributed by atoms with van der Waals surface area (Å²) in [6.07, 6.45) is 0.0697. The van der Waals surface area contributed by atoms with Crippen LogP contribution < -0.4 is 0 Å². The summed E-state index contributed by atoms with van der Waals surface area (Å²) in [6, 6.07) is 6.26. The summed E-state index contributed by atoms with van der Waals surface area (Å²) in [6.45, 7) is 0.407. The van der Waals surface area contributed by atoms with Gasteiger partial charge >= 0.3 is 11.9 Å². The minimum Gasteiger partial charge on any atom is -0.481 e. The molecule has 1 unspecified atom stereocenters. The van der Waals surface area contributed by atoms with Crippen LogP contribution in [-0.2, 0) is 16.0 Å². The highest BCUT2D eigenvalue weighted by Gasteiger charge is 2.33. The van der Waals surface area contributed by atoms with E-state index >= 15 is 0 Å². The SMILES string of the molecule is COC(=O)c1ccc(CC(C)(CF)C(=O)O)cc1. The lowest BCUT2D eigenvalue weighted by atomic mass is 9.85. The summed E-state index contributed by atoms with van der Waals surface area (Å²) < 4.78 is 17.3. The molecule has 0 bridgehead atoms. The van der Waals surface area contributed by atoms with Gasteiger partial charge in [0.2, 0.25) is 0 Å². The van der Waals surface area contributed by atoms with Gasteiger partial charge in [0, 0.05) is 0 Å².